The number of likely N-dealkylation sites (tertiary alicyclic amines) is 1. The summed E-state index contributed by atoms with van der Waals surface area (Å²) in [5, 5.41) is 3.48. The molecule has 0 unspecified atom stereocenters. The molecule has 0 atom stereocenters. The van der Waals surface area contributed by atoms with Crippen molar-refractivity contribution >= 4 is 5.96 Å². The van der Waals surface area contributed by atoms with E-state index in [4.69, 9.17) is 9.47 Å². The largest absolute Gasteiger partial charge is 0.492 e. The number of benzene rings is 1. The van der Waals surface area contributed by atoms with Gasteiger partial charge in [-0.3, -0.25) is 4.99 Å². The van der Waals surface area contributed by atoms with Crippen molar-refractivity contribution in [1.82, 2.24) is 15.1 Å². The van der Waals surface area contributed by atoms with Crippen molar-refractivity contribution in [2.45, 2.75) is 12.8 Å². The molecule has 0 aliphatic carbocycles. The Morgan fingerprint density at radius 1 is 1.26 bits per heavy atom. The Morgan fingerprint density at radius 3 is 2.59 bits per heavy atom. The van der Waals surface area contributed by atoms with E-state index in [9.17, 15) is 4.39 Å². The number of halogens is 1. The zero-order valence-corrected chi connectivity index (χ0v) is 16.8. The number of ether oxygens (including phenoxy) is 2. The van der Waals surface area contributed by atoms with Crippen LogP contribution >= 0.6 is 0 Å². The van der Waals surface area contributed by atoms with Crippen LogP contribution in [0.4, 0.5) is 4.39 Å². The molecule has 1 aromatic carbocycles. The number of piperidine rings is 1. The summed E-state index contributed by atoms with van der Waals surface area (Å²) in [5.41, 5.74) is 0. The fourth-order valence-corrected chi connectivity index (χ4v) is 3.19. The molecule has 152 valence electrons. The number of aliphatic imine (C=N–C) groups is 1. The number of hydrogen-bond acceptors (Lipinski definition) is 4. The van der Waals surface area contributed by atoms with Gasteiger partial charge in [0, 0.05) is 34.3 Å². The van der Waals surface area contributed by atoms with Gasteiger partial charge in [0.2, 0.25) is 0 Å². The van der Waals surface area contributed by atoms with Gasteiger partial charge in [0.15, 0.2) is 5.96 Å². The van der Waals surface area contributed by atoms with Gasteiger partial charge in [0.05, 0.1) is 13.2 Å². The zero-order valence-electron chi connectivity index (χ0n) is 16.8. The molecule has 0 bridgehead atoms. The summed E-state index contributed by atoms with van der Waals surface area (Å²) in [5.74, 6) is 1.96. The normalized spacial score (nSPS) is 16.4. The van der Waals surface area contributed by atoms with Gasteiger partial charge in [0.1, 0.15) is 18.2 Å². The molecule has 1 fully saturated rings. The Morgan fingerprint density at radius 2 is 1.96 bits per heavy atom. The number of guanidine groups is 1. The highest BCUT2D eigenvalue weighted by Crippen LogP contribution is 2.16. The highest BCUT2D eigenvalue weighted by atomic mass is 19.1. The van der Waals surface area contributed by atoms with Crippen LogP contribution in [0.15, 0.2) is 29.3 Å². The van der Waals surface area contributed by atoms with E-state index in [0.29, 0.717) is 24.8 Å². The molecule has 0 aromatic heterocycles. The minimum absolute atomic E-state index is 0.256. The van der Waals surface area contributed by atoms with Crippen molar-refractivity contribution < 1.29 is 13.9 Å². The monoisotopic (exact) mass is 380 g/mol. The van der Waals surface area contributed by atoms with Crippen molar-refractivity contribution in [3.63, 3.8) is 0 Å². The first-order valence-corrected chi connectivity index (χ1v) is 9.63. The van der Waals surface area contributed by atoms with Crippen LogP contribution in [-0.4, -0.2) is 82.9 Å². The Kier molecular flexibility index (Phi) is 9.35. The molecule has 2 rings (SSSR count). The second-order valence-electron chi connectivity index (χ2n) is 6.93. The van der Waals surface area contributed by atoms with Gasteiger partial charge in [-0.05, 0) is 56.1 Å². The molecule has 1 aliphatic heterocycles. The Hall–Kier alpha value is -1.86. The molecule has 1 heterocycles. The summed E-state index contributed by atoms with van der Waals surface area (Å²) >= 11 is 0. The molecule has 7 heteroatoms. The van der Waals surface area contributed by atoms with Crippen molar-refractivity contribution in [1.29, 1.82) is 0 Å². The third-order valence-corrected chi connectivity index (χ3v) is 4.95. The number of methoxy groups -OCH3 is 1. The Balaban J connectivity index is 1.65. The molecule has 1 saturated heterocycles. The second-order valence-corrected chi connectivity index (χ2v) is 6.93. The van der Waals surface area contributed by atoms with Crippen LogP contribution in [0.5, 0.6) is 5.75 Å². The van der Waals surface area contributed by atoms with E-state index in [2.05, 4.69) is 20.1 Å². The highest BCUT2D eigenvalue weighted by Gasteiger charge is 2.19. The topological polar surface area (TPSA) is 49.3 Å². The number of likely N-dealkylation sites (N-methyl/N-ethyl adjacent to an activating group) is 1. The number of nitrogens with zero attached hydrogens (tertiary/aromatic N) is 3. The molecular formula is C20H33FN4O2. The van der Waals surface area contributed by atoms with E-state index in [0.717, 1.165) is 38.7 Å². The minimum Gasteiger partial charge on any atom is -0.492 e. The van der Waals surface area contributed by atoms with Crippen LogP contribution in [-0.2, 0) is 4.74 Å². The van der Waals surface area contributed by atoms with Gasteiger partial charge in [-0.2, -0.15) is 0 Å². The number of hydrogen-bond donors (Lipinski definition) is 1. The van der Waals surface area contributed by atoms with Gasteiger partial charge < -0.3 is 24.6 Å². The third-order valence-electron chi connectivity index (χ3n) is 4.95. The second kappa shape index (κ2) is 11.8. The SMILES string of the molecule is CN=C(NCC1CCN(CCOC)CC1)N(C)CCOc1ccc(F)cc1. The fourth-order valence-electron chi connectivity index (χ4n) is 3.19. The number of nitrogens with one attached hydrogen (secondary N) is 1. The maximum absolute atomic E-state index is 12.9. The molecule has 27 heavy (non-hydrogen) atoms. The van der Waals surface area contributed by atoms with E-state index < -0.39 is 0 Å². The van der Waals surface area contributed by atoms with Crippen molar-refractivity contribution in [3.05, 3.63) is 30.1 Å². The van der Waals surface area contributed by atoms with Crippen LogP contribution in [0.3, 0.4) is 0 Å². The Labute approximate surface area is 162 Å². The van der Waals surface area contributed by atoms with Gasteiger partial charge in [-0.15, -0.1) is 0 Å². The van der Waals surface area contributed by atoms with E-state index in [1.165, 1.54) is 25.0 Å². The molecule has 0 spiro atoms. The maximum atomic E-state index is 12.9. The molecule has 0 saturated carbocycles. The fraction of sp³-hybridized carbons (Fsp3) is 0.650. The van der Waals surface area contributed by atoms with Crippen molar-refractivity contribution in [3.8, 4) is 5.75 Å². The quantitative estimate of drug-likeness (QED) is 0.525. The smallest absolute Gasteiger partial charge is 0.193 e. The van der Waals surface area contributed by atoms with Crippen molar-refractivity contribution in [2.75, 3.05) is 67.1 Å². The lowest BCUT2D eigenvalue weighted by Crippen LogP contribution is -2.44. The first kappa shape index (κ1) is 21.4. The summed E-state index contributed by atoms with van der Waals surface area (Å²) in [4.78, 5) is 8.88. The third kappa shape index (κ3) is 7.72. The van der Waals surface area contributed by atoms with E-state index in [1.807, 2.05) is 7.05 Å². The summed E-state index contributed by atoms with van der Waals surface area (Å²) in [7, 11) is 5.55. The maximum Gasteiger partial charge on any atom is 0.193 e. The molecule has 1 aromatic rings. The summed E-state index contributed by atoms with van der Waals surface area (Å²) in [6.07, 6.45) is 2.40. The van der Waals surface area contributed by atoms with Crippen LogP contribution in [0.2, 0.25) is 0 Å². The lowest BCUT2D eigenvalue weighted by Gasteiger charge is -2.32. The molecule has 1 aliphatic rings. The van der Waals surface area contributed by atoms with Gasteiger partial charge in [-0.25, -0.2) is 4.39 Å². The minimum atomic E-state index is -0.256. The van der Waals surface area contributed by atoms with Crippen LogP contribution in [0, 0.1) is 11.7 Å². The van der Waals surface area contributed by atoms with Gasteiger partial charge >= 0.3 is 0 Å². The predicted molar refractivity (Wildman–Crippen MR) is 107 cm³/mol. The first-order chi connectivity index (χ1) is 13.1. The van der Waals surface area contributed by atoms with Crippen LogP contribution in [0.1, 0.15) is 12.8 Å². The first-order valence-electron chi connectivity index (χ1n) is 9.63. The van der Waals surface area contributed by atoms with Gasteiger partial charge in [0.25, 0.3) is 0 Å². The standard InChI is InChI=1S/C20H33FN4O2/c1-22-20(23-16-17-8-10-25(11-9-17)13-14-26-3)24(2)12-15-27-19-6-4-18(21)5-7-19/h4-7,17H,8-16H2,1-3H3,(H,22,23). The molecule has 0 radical (unpaired) electrons. The molecule has 0 amide bonds. The lowest BCUT2D eigenvalue weighted by atomic mass is 9.97. The highest BCUT2D eigenvalue weighted by molar-refractivity contribution is 5.79. The average molecular weight is 381 g/mol. The molecule has 1 N–H and O–H groups in total. The van der Waals surface area contributed by atoms with Crippen molar-refractivity contribution in [2.24, 2.45) is 10.9 Å². The Bertz CT molecular complexity index is 560. The summed E-state index contributed by atoms with van der Waals surface area (Å²) < 4.78 is 23.7. The van der Waals surface area contributed by atoms with E-state index >= 15 is 0 Å². The van der Waals surface area contributed by atoms with E-state index in [1.54, 1.807) is 26.3 Å². The average Bonchev–Trinajstić information content (AvgIpc) is 2.69. The summed E-state index contributed by atoms with van der Waals surface area (Å²) in [6, 6.07) is 6.09. The zero-order chi connectivity index (χ0) is 19.5. The molecule has 6 nitrogen and oxygen atoms in total. The summed E-state index contributed by atoms with van der Waals surface area (Å²) in [6.45, 7) is 6.25. The lowest BCUT2D eigenvalue weighted by molar-refractivity contribution is 0.120. The van der Waals surface area contributed by atoms with Crippen LogP contribution < -0.4 is 10.1 Å². The van der Waals surface area contributed by atoms with Crippen LogP contribution in [0.25, 0.3) is 0 Å². The molecular weight excluding hydrogens is 347 g/mol. The predicted octanol–water partition coefficient (Wildman–Crippen LogP) is 2.07. The van der Waals surface area contributed by atoms with E-state index in [-0.39, 0.29) is 5.82 Å². The number of rotatable bonds is 9. The van der Waals surface area contributed by atoms with Gasteiger partial charge in [-0.1, -0.05) is 0 Å².